The number of hydrogen-bond acceptors (Lipinski definition) is 4. The minimum Gasteiger partial charge on any atom is -0.454 e. The van der Waals surface area contributed by atoms with Crippen LogP contribution in [0.25, 0.3) is 76.2 Å². The summed E-state index contributed by atoms with van der Waals surface area (Å²) in [5.41, 5.74) is 16.8. The van der Waals surface area contributed by atoms with Crippen molar-refractivity contribution in [3.63, 3.8) is 0 Å². The first-order valence-corrected chi connectivity index (χ1v) is 25.7. The molecule has 0 atom stereocenters. The molecule has 0 aliphatic heterocycles. The predicted molar refractivity (Wildman–Crippen MR) is 302 cm³/mol. The highest BCUT2D eigenvalue weighted by atomic mass is 16.3. The first-order valence-electron chi connectivity index (χ1n) is 25.7. The van der Waals surface area contributed by atoms with Crippen molar-refractivity contribution in [3.05, 3.63) is 192 Å². The predicted octanol–water partition coefficient (Wildman–Crippen LogP) is 20.1. The molecule has 350 valence electrons. The van der Waals surface area contributed by atoms with Crippen LogP contribution < -0.4 is 9.80 Å². The van der Waals surface area contributed by atoms with Crippen LogP contribution in [0.4, 0.5) is 34.1 Å². The first-order chi connectivity index (χ1) is 34.2. The monoisotopic (exact) mass is 924 g/mol. The number of para-hydroxylation sites is 4. The number of furan rings is 2. The molecule has 0 N–H and O–H groups in total. The molecule has 0 unspecified atom stereocenters. The van der Waals surface area contributed by atoms with Gasteiger partial charge in [0.05, 0.1) is 22.7 Å². The van der Waals surface area contributed by atoms with Gasteiger partial charge >= 0.3 is 0 Å². The Hall–Kier alpha value is -7.56. The van der Waals surface area contributed by atoms with Gasteiger partial charge in [0.2, 0.25) is 0 Å². The van der Waals surface area contributed by atoms with E-state index in [1.807, 2.05) is 0 Å². The van der Waals surface area contributed by atoms with E-state index >= 15 is 0 Å². The van der Waals surface area contributed by atoms with E-state index in [0.29, 0.717) is 5.92 Å². The topological polar surface area (TPSA) is 32.8 Å². The van der Waals surface area contributed by atoms with E-state index in [0.717, 1.165) is 90.8 Å². The minimum absolute atomic E-state index is 0.00853. The van der Waals surface area contributed by atoms with Crippen LogP contribution in [0, 0.1) is 0 Å². The lowest BCUT2D eigenvalue weighted by Crippen LogP contribution is -2.24. The van der Waals surface area contributed by atoms with Crippen LogP contribution in [0.1, 0.15) is 108 Å². The van der Waals surface area contributed by atoms with Gasteiger partial charge in [-0.2, -0.15) is 0 Å². The number of benzene rings is 10. The molecule has 0 saturated heterocycles. The largest absolute Gasteiger partial charge is 0.454 e. The van der Waals surface area contributed by atoms with Crippen LogP contribution in [0.3, 0.4) is 0 Å². The second kappa shape index (κ2) is 15.7. The van der Waals surface area contributed by atoms with Crippen molar-refractivity contribution in [2.24, 2.45) is 0 Å². The van der Waals surface area contributed by atoms with Crippen LogP contribution >= 0.6 is 0 Å². The standard InChI is InChI=1S/C67H60N2O2/c1-39(2)41-24-28-44(29-25-41)69(56-21-15-19-50-47-17-11-13-23-60(47)71-65(50)56)58-38-52(40(3)4)48-32-33-51-57(36-42-34-35-67(8,9)54-37-53(58)62(48)63(51)61(42)54)68(45-30-26-43(27-31-45)66(5,6)7)55-20-14-18-49-46-16-10-12-22-59(46)70-64(49)55/h10-33,36-40H,34-35H2,1-9H3. The Kier molecular flexibility index (Phi) is 9.62. The summed E-state index contributed by atoms with van der Waals surface area (Å²) in [6.45, 7) is 21.0. The fraction of sp³-hybridized carbons (Fsp3) is 0.224. The summed E-state index contributed by atoms with van der Waals surface area (Å²) in [7, 11) is 0. The smallest absolute Gasteiger partial charge is 0.159 e. The van der Waals surface area contributed by atoms with Gasteiger partial charge in [-0.05, 0) is 146 Å². The van der Waals surface area contributed by atoms with Gasteiger partial charge in [-0.1, -0.05) is 159 Å². The van der Waals surface area contributed by atoms with Crippen LogP contribution in [-0.2, 0) is 17.3 Å². The highest BCUT2D eigenvalue weighted by Crippen LogP contribution is 2.56. The molecule has 0 bridgehead atoms. The average Bonchev–Trinajstić information content (AvgIpc) is 3.95. The molecular formula is C67H60N2O2. The van der Waals surface area contributed by atoms with E-state index in [2.05, 4.69) is 236 Å². The van der Waals surface area contributed by atoms with Crippen molar-refractivity contribution in [3.8, 4) is 0 Å². The maximum atomic E-state index is 6.92. The van der Waals surface area contributed by atoms with Crippen molar-refractivity contribution >= 4 is 110 Å². The third kappa shape index (κ3) is 6.63. The van der Waals surface area contributed by atoms with Gasteiger partial charge in [-0.3, -0.25) is 0 Å². The zero-order chi connectivity index (χ0) is 48.7. The molecule has 0 amide bonds. The molecule has 0 fully saturated rings. The first kappa shape index (κ1) is 43.5. The zero-order valence-corrected chi connectivity index (χ0v) is 42.4. The molecule has 1 aliphatic rings. The number of aryl methyl sites for hydroxylation is 1. The second-order valence-corrected chi connectivity index (χ2v) is 22.6. The van der Waals surface area contributed by atoms with Gasteiger partial charge in [-0.25, -0.2) is 0 Å². The summed E-state index contributed by atoms with van der Waals surface area (Å²) in [6.07, 6.45) is 2.03. The van der Waals surface area contributed by atoms with Crippen molar-refractivity contribution in [1.82, 2.24) is 0 Å². The van der Waals surface area contributed by atoms with Gasteiger partial charge < -0.3 is 18.6 Å². The quantitative estimate of drug-likeness (QED) is 0.142. The Balaban J connectivity index is 1.17. The number of anilines is 6. The lowest BCUT2D eigenvalue weighted by atomic mass is 9.70. The van der Waals surface area contributed by atoms with Gasteiger partial charge in [0.25, 0.3) is 0 Å². The molecule has 0 radical (unpaired) electrons. The number of nitrogens with zero attached hydrogens (tertiary/aromatic N) is 2. The van der Waals surface area contributed by atoms with Crippen molar-refractivity contribution in [1.29, 1.82) is 0 Å². The third-order valence-electron chi connectivity index (χ3n) is 16.0. The second-order valence-electron chi connectivity index (χ2n) is 22.6. The van der Waals surface area contributed by atoms with E-state index in [9.17, 15) is 0 Å². The van der Waals surface area contributed by atoms with Gasteiger partial charge in [0.15, 0.2) is 11.2 Å². The van der Waals surface area contributed by atoms with Crippen LogP contribution in [0.2, 0.25) is 0 Å². The normalized spacial score (nSPS) is 14.0. The number of fused-ring (bicyclic) bond motifs is 6. The van der Waals surface area contributed by atoms with Crippen LogP contribution in [0.15, 0.2) is 173 Å². The van der Waals surface area contributed by atoms with Gasteiger partial charge in [-0.15, -0.1) is 0 Å². The molecule has 1 aliphatic carbocycles. The number of rotatable bonds is 8. The molecule has 4 nitrogen and oxygen atoms in total. The lowest BCUT2D eigenvalue weighted by molar-refractivity contribution is 0.475. The molecule has 0 spiro atoms. The van der Waals surface area contributed by atoms with E-state index < -0.39 is 0 Å². The van der Waals surface area contributed by atoms with Crippen molar-refractivity contribution in [2.75, 3.05) is 9.80 Å². The third-order valence-corrected chi connectivity index (χ3v) is 16.0. The Bertz CT molecular complexity index is 4060. The van der Waals surface area contributed by atoms with Gasteiger partial charge in [0, 0.05) is 49.1 Å². The Morgan fingerprint density at radius 1 is 0.465 bits per heavy atom. The molecule has 2 aromatic heterocycles. The highest BCUT2D eigenvalue weighted by molar-refractivity contribution is 6.31. The summed E-state index contributed by atoms with van der Waals surface area (Å²) in [5.74, 6) is 0.656. The zero-order valence-electron chi connectivity index (χ0n) is 42.4. The molecule has 71 heavy (non-hydrogen) atoms. The summed E-state index contributed by atoms with van der Waals surface area (Å²) < 4.78 is 13.8. The molecule has 12 aromatic rings. The fourth-order valence-corrected chi connectivity index (χ4v) is 12.1. The molecule has 10 aromatic carbocycles. The summed E-state index contributed by atoms with van der Waals surface area (Å²) >= 11 is 0. The molecular weight excluding hydrogens is 865 g/mol. The van der Waals surface area contributed by atoms with E-state index in [1.54, 1.807) is 0 Å². The van der Waals surface area contributed by atoms with Crippen molar-refractivity contribution < 1.29 is 8.83 Å². The Labute approximate surface area is 416 Å². The summed E-state index contributed by atoms with van der Waals surface area (Å²) in [6, 6.07) is 61.2. The SMILES string of the molecule is CC(C)c1ccc(N(c2cc(C(C)C)c3ccc4c(N(c5ccc(C(C)(C)C)cc5)c5cccc6c5oc5ccccc56)cc5c6c(cc2c3c46)C(C)(C)CC5)c2cccc3c2oc2ccccc23)cc1. The van der Waals surface area contributed by atoms with Crippen molar-refractivity contribution in [2.45, 2.75) is 97.8 Å². The molecule has 2 heterocycles. The summed E-state index contributed by atoms with van der Waals surface area (Å²) in [5, 5.41) is 12.3. The van der Waals surface area contributed by atoms with Crippen LogP contribution in [0.5, 0.6) is 0 Å². The lowest BCUT2D eigenvalue weighted by Gasteiger charge is -2.37. The Morgan fingerprint density at radius 2 is 1.00 bits per heavy atom. The summed E-state index contributed by atoms with van der Waals surface area (Å²) in [4.78, 5) is 5.00. The fourth-order valence-electron chi connectivity index (χ4n) is 12.1. The van der Waals surface area contributed by atoms with E-state index in [-0.39, 0.29) is 16.7 Å². The number of hydrogen-bond donors (Lipinski definition) is 0. The van der Waals surface area contributed by atoms with E-state index in [1.165, 1.54) is 60.1 Å². The maximum Gasteiger partial charge on any atom is 0.159 e. The molecule has 0 saturated carbocycles. The molecule has 13 rings (SSSR count). The average molecular weight is 925 g/mol. The van der Waals surface area contributed by atoms with Crippen LogP contribution in [-0.4, -0.2) is 0 Å². The van der Waals surface area contributed by atoms with E-state index in [4.69, 9.17) is 8.83 Å². The molecule has 4 heteroatoms. The van der Waals surface area contributed by atoms with Gasteiger partial charge in [0.1, 0.15) is 11.2 Å². The maximum absolute atomic E-state index is 6.92. The highest BCUT2D eigenvalue weighted by Gasteiger charge is 2.35. The Morgan fingerprint density at radius 3 is 1.56 bits per heavy atom. The minimum atomic E-state index is -0.0693.